The van der Waals surface area contributed by atoms with Gasteiger partial charge in [0.2, 0.25) is 0 Å². The molecule has 2 aliphatic rings. The first-order chi connectivity index (χ1) is 10.3. The van der Waals surface area contributed by atoms with Crippen LogP contribution in [0.4, 0.5) is 0 Å². The molecule has 0 aromatic rings. The highest BCUT2D eigenvalue weighted by molar-refractivity contribution is 4.85. The van der Waals surface area contributed by atoms with Crippen molar-refractivity contribution in [3.63, 3.8) is 0 Å². The summed E-state index contributed by atoms with van der Waals surface area (Å²) in [6.07, 6.45) is 16.0. The SMILES string of the molecule is CCCCC1CCC(C(OO)C2CCC(CC)CC2)CC1. The van der Waals surface area contributed by atoms with Crippen LogP contribution in [0.3, 0.4) is 0 Å². The zero-order chi connectivity index (χ0) is 15.1. The number of hydrogen-bond acceptors (Lipinski definition) is 2. The lowest BCUT2D eigenvalue weighted by Gasteiger charge is -2.38. The first-order valence-corrected chi connectivity index (χ1v) is 9.58. The molecule has 1 N–H and O–H groups in total. The molecule has 2 heteroatoms. The third-order valence-corrected chi connectivity index (χ3v) is 6.38. The Kier molecular flexibility index (Phi) is 7.53. The predicted molar refractivity (Wildman–Crippen MR) is 88.2 cm³/mol. The smallest absolute Gasteiger partial charge is 0.0983 e. The van der Waals surface area contributed by atoms with Crippen molar-refractivity contribution < 1.29 is 10.1 Å². The van der Waals surface area contributed by atoms with Crippen molar-refractivity contribution in [3.8, 4) is 0 Å². The minimum absolute atomic E-state index is 0.120. The molecule has 2 rings (SSSR count). The molecule has 2 aliphatic carbocycles. The summed E-state index contributed by atoms with van der Waals surface area (Å²) in [6.45, 7) is 4.59. The van der Waals surface area contributed by atoms with E-state index >= 15 is 0 Å². The van der Waals surface area contributed by atoms with E-state index in [1.807, 2.05) is 0 Å². The maximum atomic E-state index is 9.46. The van der Waals surface area contributed by atoms with Crippen molar-refractivity contribution in [2.45, 2.75) is 97.0 Å². The summed E-state index contributed by atoms with van der Waals surface area (Å²) < 4.78 is 0. The maximum absolute atomic E-state index is 9.46. The summed E-state index contributed by atoms with van der Waals surface area (Å²) in [5.41, 5.74) is 0. The highest BCUT2D eigenvalue weighted by Gasteiger charge is 2.35. The van der Waals surface area contributed by atoms with Gasteiger partial charge in [-0.1, -0.05) is 65.2 Å². The fourth-order valence-electron chi connectivity index (χ4n) is 4.78. The molecule has 0 radical (unpaired) electrons. The van der Waals surface area contributed by atoms with Crippen LogP contribution < -0.4 is 0 Å². The Labute approximate surface area is 131 Å². The molecule has 2 nitrogen and oxygen atoms in total. The standard InChI is InChI=1S/C19H36O2/c1-3-5-6-16-9-13-18(14-10-16)19(21-20)17-11-7-15(4-2)8-12-17/h15-20H,3-14H2,1-2H3. The van der Waals surface area contributed by atoms with E-state index in [4.69, 9.17) is 4.89 Å². The van der Waals surface area contributed by atoms with Crippen LogP contribution in [-0.4, -0.2) is 11.4 Å². The second-order valence-electron chi connectivity index (χ2n) is 7.68. The van der Waals surface area contributed by atoms with Gasteiger partial charge < -0.3 is 0 Å². The molecule has 0 aliphatic heterocycles. The Morgan fingerprint density at radius 1 is 0.857 bits per heavy atom. The highest BCUT2D eigenvalue weighted by atomic mass is 17.1. The van der Waals surface area contributed by atoms with Crippen LogP contribution in [0.25, 0.3) is 0 Å². The molecule has 0 bridgehead atoms. The first-order valence-electron chi connectivity index (χ1n) is 9.58. The van der Waals surface area contributed by atoms with E-state index in [2.05, 4.69) is 13.8 Å². The summed E-state index contributed by atoms with van der Waals surface area (Å²) in [4.78, 5) is 5.01. The average molecular weight is 296 g/mol. The molecule has 0 amide bonds. The van der Waals surface area contributed by atoms with Gasteiger partial charge in [-0.3, -0.25) is 5.26 Å². The van der Waals surface area contributed by atoms with Gasteiger partial charge in [0.05, 0.1) is 6.10 Å². The third-order valence-electron chi connectivity index (χ3n) is 6.38. The van der Waals surface area contributed by atoms with E-state index in [1.165, 1.54) is 77.0 Å². The maximum Gasteiger partial charge on any atom is 0.0983 e. The van der Waals surface area contributed by atoms with Gasteiger partial charge in [0, 0.05) is 0 Å². The fraction of sp³-hybridized carbons (Fsp3) is 1.00. The third kappa shape index (κ3) is 4.96. The zero-order valence-electron chi connectivity index (χ0n) is 14.2. The minimum atomic E-state index is 0.120. The molecule has 0 aromatic heterocycles. The lowest BCUT2D eigenvalue weighted by Crippen LogP contribution is -2.36. The summed E-state index contributed by atoms with van der Waals surface area (Å²) in [7, 11) is 0. The van der Waals surface area contributed by atoms with Crippen molar-refractivity contribution in [3.05, 3.63) is 0 Å². The van der Waals surface area contributed by atoms with Gasteiger partial charge in [0.15, 0.2) is 0 Å². The number of rotatable bonds is 7. The van der Waals surface area contributed by atoms with Gasteiger partial charge in [0.25, 0.3) is 0 Å². The zero-order valence-corrected chi connectivity index (χ0v) is 14.2. The van der Waals surface area contributed by atoms with E-state index < -0.39 is 0 Å². The summed E-state index contributed by atoms with van der Waals surface area (Å²) in [6, 6.07) is 0. The van der Waals surface area contributed by atoms with E-state index in [9.17, 15) is 5.26 Å². The van der Waals surface area contributed by atoms with Gasteiger partial charge in [-0.05, 0) is 49.4 Å². The number of hydrogen-bond donors (Lipinski definition) is 1. The van der Waals surface area contributed by atoms with Gasteiger partial charge in [-0.15, -0.1) is 0 Å². The first kappa shape index (κ1) is 17.3. The summed E-state index contributed by atoms with van der Waals surface area (Å²) in [5, 5.41) is 9.46. The molecule has 21 heavy (non-hydrogen) atoms. The monoisotopic (exact) mass is 296 g/mol. The van der Waals surface area contributed by atoms with Gasteiger partial charge in [-0.2, -0.15) is 0 Å². The van der Waals surface area contributed by atoms with Crippen LogP contribution in [0.5, 0.6) is 0 Å². The van der Waals surface area contributed by atoms with E-state index in [1.54, 1.807) is 0 Å². The van der Waals surface area contributed by atoms with Gasteiger partial charge in [-0.25, -0.2) is 4.89 Å². The lowest BCUT2D eigenvalue weighted by molar-refractivity contribution is -0.307. The van der Waals surface area contributed by atoms with Crippen LogP contribution in [0.1, 0.15) is 90.9 Å². The molecule has 0 saturated heterocycles. The van der Waals surface area contributed by atoms with Crippen LogP contribution in [0.15, 0.2) is 0 Å². The normalized spacial score (nSPS) is 35.6. The second-order valence-corrected chi connectivity index (χ2v) is 7.68. The van der Waals surface area contributed by atoms with Crippen molar-refractivity contribution >= 4 is 0 Å². The van der Waals surface area contributed by atoms with E-state index in [0.717, 1.165) is 11.8 Å². The minimum Gasteiger partial charge on any atom is -0.252 e. The molecular weight excluding hydrogens is 260 g/mol. The molecule has 1 atom stereocenters. The molecule has 1 unspecified atom stereocenters. The van der Waals surface area contributed by atoms with Crippen LogP contribution in [-0.2, 0) is 4.89 Å². The van der Waals surface area contributed by atoms with E-state index in [-0.39, 0.29) is 6.10 Å². The van der Waals surface area contributed by atoms with Crippen LogP contribution in [0, 0.1) is 23.7 Å². The Bertz CT molecular complexity index is 263. The Morgan fingerprint density at radius 2 is 1.38 bits per heavy atom. The topological polar surface area (TPSA) is 29.5 Å². The molecule has 2 fully saturated rings. The second kappa shape index (κ2) is 9.15. The Hall–Kier alpha value is -0.0800. The summed E-state index contributed by atoms with van der Waals surface area (Å²) in [5.74, 6) is 3.08. The van der Waals surface area contributed by atoms with Crippen molar-refractivity contribution in [2.75, 3.05) is 0 Å². The molecule has 2 saturated carbocycles. The fourth-order valence-corrected chi connectivity index (χ4v) is 4.78. The molecule has 0 spiro atoms. The van der Waals surface area contributed by atoms with Crippen molar-refractivity contribution in [2.24, 2.45) is 23.7 Å². The van der Waals surface area contributed by atoms with E-state index in [0.29, 0.717) is 11.8 Å². The number of unbranched alkanes of at least 4 members (excludes halogenated alkanes) is 1. The van der Waals surface area contributed by atoms with Crippen LogP contribution in [0.2, 0.25) is 0 Å². The molecular formula is C19H36O2. The quantitative estimate of drug-likeness (QED) is 0.457. The van der Waals surface area contributed by atoms with Crippen LogP contribution >= 0.6 is 0 Å². The largest absolute Gasteiger partial charge is 0.252 e. The predicted octanol–water partition coefficient (Wildman–Crippen LogP) is 6.06. The van der Waals surface area contributed by atoms with Crippen molar-refractivity contribution in [1.82, 2.24) is 0 Å². The van der Waals surface area contributed by atoms with Gasteiger partial charge in [0.1, 0.15) is 0 Å². The Morgan fingerprint density at radius 3 is 1.81 bits per heavy atom. The van der Waals surface area contributed by atoms with Gasteiger partial charge >= 0.3 is 0 Å². The lowest BCUT2D eigenvalue weighted by atomic mass is 9.70. The summed E-state index contributed by atoms with van der Waals surface area (Å²) >= 11 is 0. The highest BCUT2D eigenvalue weighted by Crippen LogP contribution is 2.41. The Balaban J connectivity index is 1.77. The average Bonchev–Trinajstić information content (AvgIpc) is 2.55. The molecule has 0 heterocycles. The molecule has 0 aromatic carbocycles. The molecule has 124 valence electrons. The van der Waals surface area contributed by atoms with Crippen molar-refractivity contribution in [1.29, 1.82) is 0 Å².